The molecule has 6 nitrogen and oxygen atoms in total. The number of nitrogens with one attached hydrogen (secondary N) is 1. The summed E-state index contributed by atoms with van der Waals surface area (Å²) in [7, 11) is 0. The van der Waals surface area contributed by atoms with Gasteiger partial charge in [0.1, 0.15) is 5.82 Å². The molecule has 1 atom stereocenters. The second-order valence-corrected chi connectivity index (χ2v) is 8.76. The van der Waals surface area contributed by atoms with E-state index in [1.807, 2.05) is 60.8 Å². The number of likely N-dealkylation sites (tertiary alicyclic amines) is 1. The van der Waals surface area contributed by atoms with Crippen LogP contribution in [-0.4, -0.2) is 45.0 Å². The van der Waals surface area contributed by atoms with Crippen LogP contribution < -0.4 is 5.32 Å². The molecule has 0 saturated carbocycles. The molecule has 1 fully saturated rings. The van der Waals surface area contributed by atoms with E-state index in [1.54, 1.807) is 0 Å². The van der Waals surface area contributed by atoms with Crippen LogP contribution in [0.5, 0.6) is 0 Å². The zero-order valence-electron chi connectivity index (χ0n) is 18.7. The molecule has 0 radical (unpaired) electrons. The Morgan fingerprint density at radius 2 is 1.61 bits per heavy atom. The predicted molar refractivity (Wildman–Crippen MR) is 129 cm³/mol. The van der Waals surface area contributed by atoms with Gasteiger partial charge < -0.3 is 5.32 Å². The smallest absolute Gasteiger partial charge is 0.234 e. The Morgan fingerprint density at radius 3 is 2.36 bits per heavy atom. The van der Waals surface area contributed by atoms with Gasteiger partial charge in [0.15, 0.2) is 5.65 Å². The van der Waals surface area contributed by atoms with Crippen molar-refractivity contribution in [2.24, 2.45) is 0 Å². The number of fused-ring (bicyclic) bond motifs is 1. The first-order chi connectivity index (χ1) is 16.3. The van der Waals surface area contributed by atoms with Gasteiger partial charge in [-0.1, -0.05) is 66.7 Å². The first-order valence-electron chi connectivity index (χ1n) is 11.7. The van der Waals surface area contributed by atoms with Gasteiger partial charge >= 0.3 is 0 Å². The minimum absolute atomic E-state index is 0.0407. The summed E-state index contributed by atoms with van der Waals surface area (Å²) >= 11 is 0. The number of piperidine rings is 1. The summed E-state index contributed by atoms with van der Waals surface area (Å²) < 4.78 is 2.08. The second kappa shape index (κ2) is 9.96. The first-order valence-corrected chi connectivity index (χ1v) is 11.7. The van der Waals surface area contributed by atoms with E-state index in [-0.39, 0.29) is 11.9 Å². The number of aromatic nitrogens is 3. The average molecular weight is 440 g/mol. The van der Waals surface area contributed by atoms with E-state index in [9.17, 15) is 4.79 Å². The normalized spacial score (nSPS) is 16.0. The Labute approximate surface area is 194 Å². The standard InChI is InChI=1S/C27H29N5O/c33-26(28-24(22-11-5-2-6-12-22)19-21-9-3-1-4-10-21)20-31-17-14-23(15-18-31)27-30-29-25-13-7-8-16-32(25)27/h1-13,16,23-24H,14-15,17-20H2,(H,28,33). The molecule has 1 aliphatic rings. The molecule has 6 heteroatoms. The summed E-state index contributed by atoms with van der Waals surface area (Å²) in [4.78, 5) is 15.2. The number of nitrogens with zero attached hydrogens (tertiary/aromatic N) is 4. The van der Waals surface area contributed by atoms with Gasteiger partial charge in [-0.15, -0.1) is 10.2 Å². The van der Waals surface area contributed by atoms with E-state index < -0.39 is 0 Å². The van der Waals surface area contributed by atoms with Crippen molar-refractivity contribution in [3.63, 3.8) is 0 Å². The maximum Gasteiger partial charge on any atom is 0.234 e. The number of hydrogen-bond donors (Lipinski definition) is 1. The lowest BCUT2D eigenvalue weighted by atomic mass is 9.96. The van der Waals surface area contributed by atoms with Gasteiger partial charge in [0.2, 0.25) is 5.91 Å². The number of rotatable bonds is 7. The largest absolute Gasteiger partial charge is 0.348 e. The summed E-state index contributed by atoms with van der Waals surface area (Å²) in [6.07, 6.45) is 4.77. The Hall–Kier alpha value is -3.51. The third-order valence-corrected chi connectivity index (χ3v) is 6.48. The van der Waals surface area contributed by atoms with Crippen LogP contribution >= 0.6 is 0 Å². The topological polar surface area (TPSA) is 62.5 Å². The molecule has 0 aliphatic carbocycles. The molecule has 0 spiro atoms. The van der Waals surface area contributed by atoms with Crippen LogP contribution in [0.15, 0.2) is 85.1 Å². The molecule has 1 aliphatic heterocycles. The van der Waals surface area contributed by atoms with Crippen LogP contribution in [0.4, 0.5) is 0 Å². The molecule has 3 heterocycles. The van der Waals surface area contributed by atoms with Crippen molar-refractivity contribution in [3.8, 4) is 0 Å². The maximum absolute atomic E-state index is 13.0. The fourth-order valence-electron chi connectivity index (χ4n) is 4.72. The van der Waals surface area contributed by atoms with Crippen molar-refractivity contribution in [2.75, 3.05) is 19.6 Å². The lowest BCUT2D eigenvalue weighted by molar-refractivity contribution is -0.123. The van der Waals surface area contributed by atoms with Gasteiger partial charge in [0.25, 0.3) is 0 Å². The highest BCUT2D eigenvalue weighted by Gasteiger charge is 2.26. The number of carbonyl (C=O) groups is 1. The van der Waals surface area contributed by atoms with Crippen LogP contribution in [0.2, 0.25) is 0 Å². The van der Waals surface area contributed by atoms with E-state index in [2.05, 4.69) is 49.1 Å². The van der Waals surface area contributed by atoms with Gasteiger partial charge in [0, 0.05) is 12.1 Å². The van der Waals surface area contributed by atoms with Gasteiger partial charge in [-0.25, -0.2) is 0 Å². The highest BCUT2D eigenvalue weighted by atomic mass is 16.2. The third-order valence-electron chi connectivity index (χ3n) is 6.48. The van der Waals surface area contributed by atoms with E-state index in [0.29, 0.717) is 12.5 Å². The fourth-order valence-corrected chi connectivity index (χ4v) is 4.72. The molecule has 0 bridgehead atoms. The summed E-state index contributed by atoms with van der Waals surface area (Å²) in [6.45, 7) is 2.19. The summed E-state index contributed by atoms with van der Waals surface area (Å²) in [5.41, 5.74) is 3.24. The van der Waals surface area contributed by atoms with E-state index >= 15 is 0 Å². The quantitative estimate of drug-likeness (QED) is 0.473. The SMILES string of the molecule is O=C(CN1CCC(c2nnc3ccccn23)CC1)NC(Cc1ccccc1)c1ccccc1. The molecule has 33 heavy (non-hydrogen) atoms. The molecule has 5 rings (SSSR count). The zero-order valence-corrected chi connectivity index (χ0v) is 18.7. The molecule has 1 N–H and O–H groups in total. The lowest BCUT2D eigenvalue weighted by Crippen LogP contribution is -2.42. The molecule has 1 saturated heterocycles. The Morgan fingerprint density at radius 1 is 0.909 bits per heavy atom. The Kier molecular flexibility index (Phi) is 6.44. The van der Waals surface area contributed by atoms with Gasteiger partial charge in [-0.3, -0.25) is 14.1 Å². The molecule has 1 amide bonds. The summed E-state index contributed by atoms with van der Waals surface area (Å²) in [5.74, 6) is 1.48. The molecule has 4 aromatic rings. The number of benzene rings is 2. The van der Waals surface area contributed by atoms with Crippen LogP contribution in [0, 0.1) is 0 Å². The number of hydrogen-bond acceptors (Lipinski definition) is 4. The van der Waals surface area contributed by atoms with Crippen molar-refractivity contribution < 1.29 is 4.79 Å². The average Bonchev–Trinajstić information content (AvgIpc) is 3.30. The van der Waals surface area contributed by atoms with Gasteiger partial charge in [0.05, 0.1) is 12.6 Å². The van der Waals surface area contributed by atoms with Crippen LogP contribution in [-0.2, 0) is 11.2 Å². The maximum atomic E-state index is 13.0. The monoisotopic (exact) mass is 439 g/mol. The van der Waals surface area contributed by atoms with Crippen molar-refractivity contribution in [2.45, 2.75) is 31.2 Å². The molecular formula is C27H29N5O. The molecule has 2 aromatic carbocycles. The van der Waals surface area contributed by atoms with Crippen molar-refractivity contribution >= 4 is 11.6 Å². The number of amides is 1. The van der Waals surface area contributed by atoms with E-state index in [0.717, 1.165) is 49.4 Å². The van der Waals surface area contributed by atoms with Crippen molar-refractivity contribution in [1.82, 2.24) is 24.8 Å². The molecule has 168 valence electrons. The third kappa shape index (κ3) is 5.12. The summed E-state index contributed by atoms with van der Waals surface area (Å²) in [5, 5.41) is 12.0. The number of carbonyl (C=O) groups excluding carboxylic acids is 1. The summed E-state index contributed by atoms with van der Waals surface area (Å²) in [6, 6.07) is 26.5. The van der Waals surface area contributed by atoms with Crippen molar-refractivity contribution in [1.29, 1.82) is 0 Å². The number of pyridine rings is 1. The minimum Gasteiger partial charge on any atom is -0.348 e. The fraction of sp³-hybridized carbons (Fsp3) is 0.296. The molecular weight excluding hydrogens is 410 g/mol. The highest BCUT2D eigenvalue weighted by molar-refractivity contribution is 5.78. The predicted octanol–water partition coefficient (Wildman–Crippen LogP) is 4.01. The zero-order chi connectivity index (χ0) is 22.5. The van der Waals surface area contributed by atoms with Crippen LogP contribution in [0.1, 0.15) is 41.8 Å². The van der Waals surface area contributed by atoms with Gasteiger partial charge in [-0.2, -0.15) is 0 Å². The second-order valence-electron chi connectivity index (χ2n) is 8.76. The lowest BCUT2D eigenvalue weighted by Gasteiger charge is -2.31. The van der Waals surface area contributed by atoms with Gasteiger partial charge in [-0.05, 0) is 55.6 Å². The molecule has 1 unspecified atom stereocenters. The molecule has 2 aromatic heterocycles. The van der Waals surface area contributed by atoms with E-state index in [4.69, 9.17) is 0 Å². The Bertz CT molecular complexity index is 1180. The minimum atomic E-state index is -0.0407. The van der Waals surface area contributed by atoms with Crippen molar-refractivity contribution in [3.05, 3.63) is 102 Å². The van der Waals surface area contributed by atoms with E-state index in [1.165, 1.54) is 5.56 Å². The Balaban J connectivity index is 1.19. The highest BCUT2D eigenvalue weighted by Crippen LogP contribution is 2.27. The van der Waals surface area contributed by atoms with Crippen LogP contribution in [0.3, 0.4) is 0 Å². The first kappa shape index (κ1) is 21.3. The van der Waals surface area contributed by atoms with Crippen LogP contribution in [0.25, 0.3) is 5.65 Å².